The smallest absolute Gasteiger partial charge is 0.300 e. The molecule has 180 valence electrons. The van der Waals surface area contributed by atoms with Crippen molar-refractivity contribution >= 4 is 46.3 Å². The third-order valence-electron chi connectivity index (χ3n) is 6.00. The van der Waals surface area contributed by atoms with Crippen molar-refractivity contribution in [1.29, 1.82) is 0 Å². The summed E-state index contributed by atoms with van der Waals surface area (Å²) in [6.45, 7) is 3.80. The summed E-state index contributed by atoms with van der Waals surface area (Å²) in [5, 5.41) is 21.7. The minimum absolute atomic E-state index is 0.0469. The van der Waals surface area contributed by atoms with Gasteiger partial charge in [-0.05, 0) is 66.4 Å². The Morgan fingerprint density at radius 2 is 1.71 bits per heavy atom. The SMILES string of the molecule is CCc1ccc(N2C(=O)C(=O)/C(=C(/O)c3cc(C)cc(Cl)c3OC)C2c2ccc(O)c(Cl)c2)cc1. The Hall–Kier alpha value is -3.48. The quantitative estimate of drug-likeness (QED) is 0.241. The second-order valence-corrected chi connectivity index (χ2v) is 9.04. The first-order valence-electron chi connectivity index (χ1n) is 10.9. The van der Waals surface area contributed by atoms with Crippen molar-refractivity contribution in [3.05, 3.63) is 92.5 Å². The van der Waals surface area contributed by atoms with Gasteiger partial charge in [0.1, 0.15) is 17.3 Å². The highest BCUT2D eigenvalue weighted by Gasteiger charge is 2.47. The number of halogens is 2. The molecular formula is C27H23Cl2NO5. The molecular weight excluding hydrogens is 489 g/mol. The molecule has 0 bridgehead atoms. The second-order valence-electron chi connectivity index (χ2n) is 8.23. The van der Waals surface area contributed by atoms with Crippen LogP contribution in [0.2, 0.25) is 10.0 Å². The van der Waals surface area contributed by atoms with Gasteiger partial charge in [0.05, 0.1) is 34.3 Å². The molecule has 0 radical (unpaired) electrons. The predicted octanol–water partition coefficient (Wildman–Crippen LogP) is 6.20. The van der Waals surface area contributed by atoms with Crippen molar-refractivity contribution in [2.45, 2.75) is 26.3 Å². The average molecular weight is 512 g/mol. The number of ketones is 1. The van der Waals surface area contributed by atoms with Gasteiger partial charge < -0.3 is 14.9 Å². The summed E-state index contributed by atoms with van der Waals surface area (Å²) < 4.78 is 5.40. The first-order valence-corrected chi connectivity index (χ1v) is 11.7. The first kappa shape index (κ1) is 24.6. The van der Waals surface area contributed by atoms with Gasteiger partial charge in [0, 0.05) is 5.69 Å². The van der Waals surface area contributed by atoms with Crippen LogP contribution in [0.25, 0.3) is 5.76 Å². The van der Waals surface area contributed by atoms with Crippen molar-refractivity contribution in [1.82, 2.24) is 0 Å². The van der Waals surface area contributed by atoms with Crippen LogP contribution in [0.3, 0.4) is 0 Å². The summed E-state index contributed by atoms with van der Waals surface area (Å²) in [7, 11) is 1.40. The number of amides is 1. The van der Waals surface area contributed by atoms with Crippen molar-refractivity contribution in [3.8, 4) is 11.5 Å². The Kier molecular flexibility index (Phi) is 6.79. The second kappa shape index (κ2) is 9.64. The maximum Gasteiger partial charge on any atom is 0.300 e. The molecule has 6 nitrogen and oxygen atoms in total. The lowest BCUT2D eigenvalue weighted by Gasteiger charge is -2.26. The molecule has 3 aromatic rings. The van der Waals surface area contributed by atoms with E-state index in [4.69, 9.17) is 27.9 Å². The maximum absolute atomic E-state index is 13.4. The number of ether oxygens (including phenoxy) is 1. The van der Waals surface area contributed by atoms with Crippen molar-refractivity contribution in [2.24, 2.45) is 0 Å². The van der Waals surface area contributed by atoms with Crippen LogP contribution >= 0.6 is 23.2 Å². The lowest BCUT2D eigenvalue weighted by atomic mass is 9.94. The molecule has 2 N–H and O–H groups in total. The van der Waals surface area contributed by atoms with E-state index in [1.54, 1.807) is 37.3 Å². The number of aliphatic hydroxyl groups is 1. The number of aromatic hydroxyl groups is 1. The molecule has 1 unspecified atom stereocenters. The van der Waals surface area contributed by atoms with E-state index in [9.17, 15) is 19.8 Å². The highest BCUT2D eigenvalue weighted by Crippen LogP contribution is 2.45. The van der Waals surface area contributed by atoms with E-state index in [0.29, 0.717) is 11.3 Å². The summed E-state index contributed by atoms with van der Waals surface area (Å²) in [6.07, 6.45) is 0.810. The lowest BCUT2D eigenvalue weighted by Crippen LogP contribution is -2.29. The number of rotatable bonds is 5. The van der Waals surface area contributed by atoms with Crippen LogP contribution in [0.15, 0.2) is 60.2 Å². The molecule has 1 amide bonds. The minimum atomic E-state index is -1.01. The summed E-state index contributed by atoms with van der Waals surface area (Å²) in [4.78, 5) is 28.0. The number of benzene rings is 3. The van der Waals surface area contributed by atoms with Gasteiger partial charge >= 0.3 is 0 Å². The fourth-order valence-electron chi connectivity index (χ4n) is 4.26. The molecule has 0 aromatic heterocycles. The van der Waals surface area contributed by atoms with Gasteiger partial charge in [0.25, 0.3) is 11.7 Å². The number of anilines is 1. The van der Waals surface area contributed by atoms with Crippen molar-refractivity contribution in [2.75, 3.05) is 12.0 Å². The number of phenolic OH excluding ortho intramolecular Hbond substituents is 1. The highest BCUT2D eigenvalue weighted by molar-refractivity contribution is 6.51. The molecule has 0 spiro atoms. The van der Waals surface area contributed by atoms with Crippen LogP contribution < -0.4 is 9.64 Å². The minimum Gasteiger partial charge on any atom is -0.507 e. The van der Waals surface area contributed by atoms with E-state index < -0.39 is 23.5 Å². The number of hydrogen-bond donors (Lipinski definition) is 2. The standard InChI is InChI=1S/C27H23Cl2NO5/c1-4-15-5-8-17(9-6-15)30-23(16-7-10-21(31)19(28)13-16)22(25(33)27(30)34)24(32)18-11-14(2)12-20(29)26(18)35-3/h5-13,23,31-32H,4H2,1-3H3/b24-22+. The first-order chi connectivity index (χ1) is 16.7. The Bertz CT molecular complexity index is 1360. The molecule has 1 aliphatic rings. The number of aliphatic hydroxyl groups excluding tert-OH is 1. The molecule has 0 aliphatic carbocycles. The highest BCUT2D eigenvalue weighted by atomic mass is 35.5. The Morgan fingerprint density at radius 3 is 2.31 bits per heavy atom. The Balaban J connectivity index is 2.00. The molecule has 1 atom stereocenters. The van der Waals surface area contributed by atoms with Gasteiger partial charge in [-0.25, -0.2) is 0 Å². The fourth-order valence-corrected chi connectivity index (χ4v) is 4.80. The molecule has 4 rings (SSSR count). The number of nitrogens with zero attached hydrogens (tertiary/aromatic N) is 1. The monoisotopic (exact) mass is 511 g/mol. The summed E-state index contributed by atoms with van der Waals surface area (Å²) >= 11 is 12.5. The van der Waals surface area contributed by atoms with E-state index in [1.165, 1.54) is 24.1 Å². The number of phenols is 1. The van der Waals surface area contributed by atoms with Gasteiger partial charge in [0.15, 0.2) is 0 Å². The van der Waals surface area contributed by atoms with Gasteiger partial charge in [-0.3, -0.25) is 14.5 Å². The van der Waals surface area contributed by atoms with Crippen LogP contribution in [-0.4, -0.2) is 29.0 Å². The number of Topliss-reactive ketones (excluding diaryl/α,β-unsaturated/α-hetero) is 1. The van der Waals surface area contributed by atoms with E-state index in [-0.39, 0.29) is 32.7 Å². The molecule has 3 aromatic carbocycles. The number of carbonyl (C=O) groups excluding carboxylic acids is 2. The largest absolute Gasteiger partial charge is 0.507 e. The topological polar surface area (TPSA) is 87.1 Å². The molecule has 1 fully saturated rings. The number of carbonyl (C=O) groups is 2. The summed E-state index contributed by atoms with van der Waals surface area (Å²) in [5.41, 5.74) is 2.75. The van der Waals surface area contributed by atoms with Crippen LogP contribution in [0.4, 0.5) is 5.69 Å². The molecule has 0 saturated carbocycles. The van der Waals surface area contributed by atoms with Gasteiger partial charge in [-0.1, -0.05) is 48.3 Å². The lowest BCUT2D eigenvalue weighted by molar-refractivity contribution is -0.132. The van der Waals surface area contributed by atoms with Crippen molar-refractivity contribution in [3.63, 3.8) is 0 Å². The van der Waals surface area contributed by atoms with Crippen LogP contribution in [-0.2, 0) is 16.0 Å². The van der Waals surface area contributed by atoms with Crippen molar-refractivity contribution < 1.29 is 24.5 Å². The summed E-state index contributed by atoms with van der Waals surface area (Å²) in [6, 6.07) is 13.9. The molecule has 1 saturated heterocycles. The van der Waals surface area contributed by atoms with E-state index >= 15 is 0 Å². The molecule has 1 heterocycles. The van der Waals surface area contributed by atoms with Crippen LogP contribution in [0.1, 0.15) is 35.2 Å². The predicted molar refractivity (Wildman–Crippen MR) is 136 cm³/mol. The third kappa shape index (κ3) is 4.35. The van der Waals surface area contributed by atoms with E-state index in [2.05, 4.69) is 0 Å². The zero-order valence-electron chi connectivity index (χ0n) is 19.3. The van der Waals surface area contributed by atoms with Crippen LogP contribution in [0.5, 0.6) is 11.5 Å². The van der Waals surface area contributed by atoms with Gasteiger partial charge in [-0.2, -0.15) is 0 Å². The maximum atomic E-state index is 13.4. The number of aryl methyl sites for hydroxylation is 2. The third-order valence-corrected chi connectivity index (χ3v) is 6.59. The molecule has 1 aliphatic heterocycles. The fraction of sp³-hybridized carbons (Fsp3) is 0.185. The Labute approximate surface area is 213 Å². The zero-order valence-corrected chi connectivity index (χ0v) is 20.8. The Morgan fingerprint density at radius 1 is 1.03 bits per heavy atom. The van der Waals surface area contributed by atoms with Gasteiger partial charge in [-0.15, -0.1) is 0 Å². The van der Waals surface area contributed by atoms with E-state index in [0.717, 1.165) is 17.5 Å². The normalized spacial score (nSPS) is 17.2. The van der Waals surface area contributed by atoms with E-state index in [1.807, 2.05) is 19.1 Å². The number of methoxy groups -OCH3 is 1. The van der Waals surface area contributed by atoms with Crippen LogP contribution in [0, 0.1) is 6.92 Å². The summed E-state index contributed by atoms with van der Waals surface area (Å²) in [5.74, 6) is -2.06. The number of hydrogen-bond acceptors (Lipinski definition) is 5. The average Bonchev–Trinajstić information content (AvgIpc) is 3.10. The molecule has 35 heavy (non-hydrogen) atoms. The molecule has 8 heteroatoms. The van der Waals surface area contributed by atoms with Gasteiger partial charge in [0.2, 0.25) is 0 Å². The zero-order chi connectivity index (χ0) is 25.4.